The molecule has 2 rings (SSSR count). The Kier molecular flexibility index (Phi) is 5.93. The van der Waals surface area contributed by atoms with Gasteiger partial charge in [0.25, 0.3) is 0 Å². The molecule has 1 saturated carbocycles. The summed E-state index contributed by atoms with van der Waals surface area (Å²) in [5, 5.41) is 3.56. The average Bonchev–Trinajstić information content (AvgIpc) is 2.40. The molecule has 1 N–H and O–H groups in total. The van der Waals surface area contributed by atoms with E-state index < -0.39 is 0 Å². The van der Waals surface area contributed by atoms with Crippen LogP contribution < -0.4 is 5.32 Å². The lowest BCUT2D eigenvalue weighted by molar-refractivity contribution is 0.0418. The Hall–Kier alpha value is -0.120. The van der Waals surface area contributed by atoms with Gasteiger partial charge in [-0.3, -0.25) is 4.90 Å². The van der Waals surface area contributed by atoms with Gasteiger partial charge in [0.05, 0.1) is 6.61 Å². The molecular weight excluding hydrogens is 224 g/mol. The summed E-state index contributed by atoms with van der Waals surface area (Å²) >= 11 is 0. The fraction of sp³-hybridized carbons (Fsp3) is 1.00. The van der Waals surface area contributed by atoms with E-state index in [9.17, 15) is 0 Å². The maximum atomic E-state index is 5.34. The molecule has 0 radical (unpaired) electrons. The number of rotatable bonds is 6. The first-order valence-electron chi connectivity index (χ1n) is 7.81. The van der Waals surface area contributed by atoms with E-state index in [1.165, 1.54) is 51.6 Å². The van der Waals surface area contributed by atoms with Gasteiger partial charge in [-0.05, 0) is 44.7 Å². The van der Waals surface area contributed by atoms with E-state index >= 15 is 0 Å². The first-order chi connectivity index (χ1) is 8.85. The van der Waals surface area contributed by atoms with Gasteiger partial charge in [-0.15, -0.1) is 0 Å². The van der Waals surface area contributed by atoms with Gasteiger partial charge in [-0.1, -0.05) is 19.8 Å². The number of likely N-dealkylation sites (tertiary alicyclic amines) is 1. The Balaban J connectivity index is 1.88. The van der Waals surface area contributed by atoms with Gasteiger partial charge < -0.3 is 10.1 Å². The Morgan fingerprint density at radius 1 is 1.22 bits per heavy atom. The molecule has 0 aromatic heterocycles. The lowest BCUT2D eigenvalue weighted by atomic mass is 9.78. The van der Waals surface area contributed by atoms with Gasteiger partial charge in [0.2, 0.25) is 0 Å². The molecule has 0 amide bonds. The first-order valence-corrected chi connectivity index (χ1v) is 7.81. The van der Waals surface area contributed by atoms with Crippen LogP contribution in [0.25, 0.3) is 0 Å². The second kappa shape index (κ2) is 7.46. The van der Waals surface area contributed by atoms with E-state index in [-0.39, 0.29) is 0 Å². The SMILES string of the molecule is CCNC(COC)CN1CCCC2CCCCC21. The van der Waals surface area contributed by atoms with Crippen molar-refractivity contribution >= 4 is 0 Å². The predicted octanol–water partition coefficient (Wildman–Crippen LogP) is 2.27. The molecule has 1 heterocycles. The maximum Gasteiger partial charge on any atom is 0.0628 e. The van der Waals surface area contributed by atoms with Gasteiger partial charge in [0, 0.05) is 25.7 Å². The van der Waals surface area contributed by atoms with Crippen LogP contribution in [0.5, 0.6) is 0 Å². The molecule has 18 heavy (non-hydrogen) atoms. The molecule has 3 unspecified atom stereocenters. The summed E-state index contributed by atoms with van der Waals surface area (Å²) in [7, 11) is 1.81. The normalized spacial score (nSPS) is 31.0. The third kappa shape index (κ3) is 3.69. The first kappa shape index (κ1) is 14.3. The van der Waals surface area contributed by atoms with Crippen LogP contribution in [0.2, 0.25) is 0 Å². The minimum absolute atomic E-state index is 0.501. The predicted molar refractivity (Wildman–Crippen MR) is 75.9 cm³/mol. The van der Waals surface area contributed by atoms with E-state index in [1.807, 2.05) is 7.11 Å². The Bertz CT molecular complexity index is 227. The molecule has 2 aliphatic rings. The fourth-order valence-corrected chi connectivity index (χ4v) is 3.90. The summed E-state index contributed by atoms with van der Waals surface area (Å²) < 4.78 is 5.34. The third-order valence-corrected chi connectivity index (χ3v) is 4.67. The topological polar surface area (TPSA) is 24.5 Å². The molecule has 0 spiro atoms. The molecule has 0 aromatic rings. The Morgan fingerprint density at radius 2 is 2.00 bits per heavy atom. The number of hydrogen-bond donors (Lipinski definition) is 1. The fourth-order valence-electron chi connectivity index (χ4n) is 3.90. The van der Waals surface area contributed by atoms with Crippen LogP contribution in [-0.2, 0) is 4.74 Å². The molecule has 0 aromatic carbocycles. The lowest BCUT2D eigenvalue weighted by Gasteiger charge is -2.45. The van der Waals surface area contributed by atoms with Crippen molar-refractivity contribution in [2.45, 2.75) is 57.5 Å². The number of methoxy groups -OCH3 is 1. The zero-order valence-electron chi connectivity index (χ0n) is 12.2. The molecule has 1 aliphatic carbocycles. The number of hydrogen-bond acceptors (Lipinski definition) is 3. The summed E-state index contributed by atoms with van der Waals surface area (Å²) in [4.78, 5) is 2.75. The van der Waals surface area contributed by atoms with Crippen molar-refractivity contribution in [1.82, 2.24) is 10.2 Å². The van der Waals surface area contributed by atoms with Crippen LogP contribution in [0.15, 0.2) is 0 Å². The second-order valence-corrected chi connectivity index (χ2v) is 5.96. The zero-order chi connectivity index (χ0) is 12.8. The molecule has 1 aliphatic heterocycles. The van der Waals surface area contributed by atoms with Gasteiger partial charge in [0.1, 0.15) is 0 Å². The molecule has 106 valence electrons. The van der Waals surface area contributed by atoms with Crippen molar-refractivity contribution < 1.29 is 4.74 Å². The molecular formula is C15H30N2O. The van der Waals surface area contributed by atoms with E-state index in [4.69, 9.17) is 4.74 Å². The Morgan fingerprint density at radius 3 is 2.78 bits per heavy atom. The monoisotopic (exact) mass is 254 g/mol. The second-order valence-electron chi connectivity index (χ2n) is 5.96. The van der Waals surface area contributed by atoms with Crippen molar-refractivity contribution in [3.8, 4) is 0 Å². The molecule has 3 atom stereocenters. The van der Waals surface area contributed by atoms with Crippen molar-refractivity contribution in [1.29, 1.82) is 0 Å². The van der Waals surface area contributed by atoms with Crippen molar-refractivity contribution in [3.05, 3.63) is 0 Å². The van der Waals surface area contributed by atoms with Gasteiger partial charge >= 0.3 is 0 Å². The minimum Gasteiger partial charge on any atom is -0.383 e. The van der Waals surface area contributed by atoms with E-state index in [0.717, 1.165) is 25.1 Å². The van der Waals surface area contributed by atoms with Crippen molar-refractivity contribution in [2.24, 2.45) is 5.92 Å². The quantitative estimate of drug-likeness (QED) is 0.787. The number of ether oxygens (including phenoxy) is 1. The molecule has 3 heteroatoms. The summed E-state index contributed by atoms with van der Waals surface area (Å²) in [6.45, 7) is 6.52. The number of nitrogens with zero attached hydrogens (tertiary/aromatic N) is 1. The van der Waals surface area contributed by atoms with Crippen LogP contribution in [0.1, 0.15) is 45.4 Å². The van der Waals surface area contributed by atoms with Gasteiger partial charge in [-0.25, -0.2) is 0 Å². The van der Waals surface area contributed by atoms with Crippen molar-refractivity contribution in [3.63, 3.8) is 0 Å². The molecule has 1 saturated heterocycles. The standard InChI is InChI=1S/C15H30N2O/c1-3-16-14(12-18-2)11-17-10-6-8-13-7-4-5-9-15(13)17/h13-16H,3-12H2,1-2H3. The minimum atomic E-state index is 0.501. The third-order valence-electron chi connectivity index (χ3n) is 4.67. The van der Waals surface area contributed by atoms with Crippen LogP contribution in [-0.4, -0.2) is 50.3 Å². The summed E-state index contributed by atoms with van der Waals surface area (Å²) in [6, 6.07) is 1.37. The summed E-state index contributed by atoms with van der Waals surface area (Å²) in [5.74, 6) is 0.984. The van der Waals surface area contributed by atoms with E-state index in [0.29, 0.717) is 6.04 Å². The zero-order valence-corrected chi connectivity index (χ0v) is 12.2. The van der Waals surface area contributed by atoms with Gasteiger partial charge in [0.15, 0.2) is 0 Å². The largest absolute Gasteiger partial charge is 0.383 e. The summed E-state index contributed by atoms with van der Waals surface area (Å²) in [6.07, 6.45) is 8.66. The summed E-state index contributed by atoms with van der Waals surface area (Å²) in [5.41, 5.74) is 0. The number of piperidine rings is 1. The highest BCUT2D eigenvalue weighted by Gasteiger charge is 2.33. The average molecular weight is 254 g/mol. The van der Waals surface area contributed by atoms with Crippen molar-refractivity contribution in [2.75, 3.05) is 33.4 Å². The van der Waals surface area contributed by atoms with Crippen LogP contribution >= 0.6 is 0 Å². The van der Waals surface area contributed by atoms with E-state index in [1.54, 1.807) is 0 Å². The highest BCUT2D eigenvalue weighted by Crippen LogP contribution is 2.35. The van der Waals surface area contributed by atoms with Crippen LogP contribution in [0, 0.1) is 5.92 Å². The van der Waals surface area contributed by atoms with Crippen LogP contribution in [0.4, 0.5) is 0 Å². The van der Waals surface area contributed by atoms with E-state index in [2.05, 4.69) is 17.1 Å². The number of nitrogens with one attached hydrogen (secondary N) is 1. The number of fused-ring (bicyclic) bond motifs is 1. The highest BCUT2D eigenvalue weighted by molar-refractivity contribution is 4.89. The highest BCUT2D eigenvalue weighted by atomic mass is 16.5. The maximum absolute atomic E-state index is 5.34. The molecule has 2 fully saturated rings. The molecule has 0 bridgehead atoms. The number of likely N-dealkylation sites (N-methyl/N-ethyl adjacent to an activating group) is 1. The van der Waals surface area contributed by atoms with Crippen LogP contribution in [0.3, 0.4) is 0 Å². The lowest BCUT2D eigenvalue weighted by Crippen LogP contribution is -2.52. The van der Waals surface area contributed by atoms with Gasteiger partial charge in [-0.2, -0.15) is 0 Å². The molecule has 3 nitrogen and oxygen atoms in total. The smallest absolute Gasteiger partial charge is 0.0628 e. The Labute approximate surface area is 112 Å².